The zero-order valence-electron chi connectivity index (χ0n) is 11.3. The lowest BCUT2D eigenvalue weighted by Crippen LogP contribution is -2.46. The average Bonchev–Trinajstić information content (AvgIpc) is 2.83. The van der Waals surface area contributed by atoms with Crippen LogP contribution in [0.5, 0.6) is 0 Å². The van der Waals surface area contributed by atoms with Gasteiger partial charge in [0.05, 0.1) is 11.9 Å². The van der Waals surface area contributed by atoms with Crippen molar-refractivity contribution in [3.63, 3.8) is 0 Å². The molecule has 2 saturated heterocycles. The van der Waals surface area contributed by atoms with Gasteiger partial charge in [-0.15, -0.1) is 0 Å². The number of carbonyl (C=O) groups is 1. The maximum Gasteiger partial charge on any atom is 0.271 e. The van der Waals surface area contributed by atoms with E-state index in [0.717, 1.165) is 18.7 Å². The summed E-state index contributed by atoms with van der Waals surface area (Å²) in [7, 11) is 0. The summed E-state index contributed by atoms with van der Waals surface area (Å²) >= 11 is 0. The third-order valence-corrected chi connectivity index (χ3v) is 4.19. The zero-order chi connectivity index (χ0) is 13.2. The van der Waals surface area contributed by atoms with Crippen molar-refractivity contribution in [2.45, 2.75) is 44.7 Å². The highest BCUT2D eigenvalue weighted by molar-refractivity contribution is 5.92. The molecule has 3 rings (SSSR count). The Morgan fingerprint density at radius 2 is 2.16 bits per heavy atom. The van der Waals surface area contributed by atoms with E-state index in [-0.39, 0.29) is 11.9 Å². The van der Waals surface area contributed by atoms with Crippen LogP contribution in [0.4, 0.5) is 0 Å². The van der Waals surface area contributed by atoms with Gasteiger partial charge in [0.1, 0.15) is 5.69 Å². The van der Waals surface area contributed by atoms with E-state index in [4.69, 9.17) is 0 Å². The molecule has 2 aliphatic heterocycles. The van der Waals surface area contributed by atoms with Crippen molar-refractivity contribution in [2.75, 3.05) is 13.1 Å². The van der Waals surface area contributed by atoms with Gasteiger partial charge in [-0.2, -0.15) is 0 Å². The minimum Gasteiger partial charge on any atom is -0.346 e. The predicted molar refractivity (Wildman–Crippen MR) is 71.9 cm³/mol. The summed E-state index contributed by atoms with van der Waals surface area (Å²) in [6, 6.07) is 0.798. The number of piperidine rings is 1. The Hall–Kier alpha value is -1.49. The number of hydrogen-bond donors (Lipinski definition) is 1. The molecule has 102 valence electrons. The lowest BCUT2D eigenvalue weighted by Gasteiger charge is -2.32. The van der Waals surface area contributed by atoms with E-state index in [1.807, 2.05) is 6.92 Å². The Balaban J connectivity index is 1.65. The molecule has 0 aromatic carbocycles. The number of carbonyl (C=O) groups excluding carboxylic acids is 1. The normalized spacial score (nSPS) is 27.0. The van der Waals surface area contributed by atoms with Crippen LogP contribution in [0.1, 0.15) is 41.9 Å². The van der Waals surface area contributed by atoms with Gasteiger partial charge < -0.3 is 5.32 Å². The molecule has 2 aliphatic rings. The fourth-order valence-electron chi connectivity index (χ4n) is 3.17. The smallest absolute Gasteiger partial charge is 0.271 e. The average molecular weight is 260 g/mol. The maximum absolute atomic E-state index is 12.2. The van der Waals surface area contributed by atoms with Gasteiger partial charge in [0.2, 0.25) is 0 Å². The number of rotatable bonds is 2. The highest BCUT2D eigenvalue weighted by Crippen LogP contribution is 2.27. The predicted octanol–water partition coefficient (Wildman–Crippen LogP) is 1.14. The van der Waals surface area contributed by atoms with Crippen LogP contribution in [-0.2, 0) is 0 Å². The molecular formula is C14H20N4O. The fourth-order valence-corrected chi connectivity index (χ4v) is 3.17. The molecule has 0 bridgehead atoms. The van der Waals surface area contributed by atoms with Crippen LogP contribution >= 0.6 is 0 Å². The maximum atomic E-state index is 12.2. The second-order valence-corrected chi connectivity index (χ2v) is 5.51. The summed E-state index contributed by atoms with van der Waals surface area (Å²) in [6.07, 6.45) is 8.01. The van der Waals surface area contributed by atoms with Crippen molar-refractivity contribution >= 4 is 5.91 Å². The molecule has 0 radical (unpaired) electrons. The third kappa shape index (κ3) is 2.61. The number of aryl methyl sites for hydroxylation is 1. The number of fused-ring (bicyclic) bond motifs is 1. The third-order valence-electron chi connectivity index (χ3n) is 4.19. The molecule has 1 aromatic rings. The van der Waals surface area contributed by atoms with Crippen LogP contribution in [0.15, 0.2) is 12.4 Å². The van der Waals surface area contributed by atoms with E-state index in [1.165, 1.54) is 25.8 Å². The Kier molecular flexibility index (Phi) is 3.46. The van der Waals surface area contributed by atoms with E-state index >= 15 is 0 Å². The van der Waals surface area contributed by atoms with Gasteiger partial charge >= 0.3 is 0 Å². The Morgan fingerprint density at radius 3 is 2.95 bits per heavy atom. The van der Waals surface area contributed by atoms with Gasteiger partial charge in [-0.25, -0.2) is 4.98 Å². The highest BCUT2D eigenvalue weighted by atomic mass is 16.2. The highest BCUT2D eigenvalue weighted by Gasteiger charge is 2.36. The monoisotopic (exact) mass is 260 g/mol. The summed E-state index contributed by atoms with van der Waals surface area (Å²) in [4.78, 5) is 22.9. The second-order valence-electron chi connectivity index (χ2n) is 5.51. The minimum absolute atomic E-state index is 0.0927. The van der Waals surface area contributed by atoms with Crippen molar-refractivity contribution in [3.8, 4) is 0 Å². The van der Waals surface area contributed by atoms with Crippen LogP contribution < -0.4 is 5.32 Å². The summed E-state index contributed by atoms with van der Waals surface area (Å²) in [5.74, 6) is -0.0927. The van der Waals surface area contributed by atoms with E-state index in [9.17, 15) is 4.79 Å². The number of nitrogens with zero attached hydrogens (tertiary/aromatic N) is 3. The Labute approximate surface area is 113 Å². The van der Waals surface area contributed by atoms with E-state index < -0.39 is 0 Å². The van der Waals surface area contributed by atoms with E-state index in [1.54, 1.807) is 12.4 Å². The SMILES string of the molecule is Cc1cnc(C(=O)N[C@@H]2CCN3CCCC[C@H]23)cn1. The van der Waals surface area contributed by atoms with Crippen LogP contribution in [0.2, 0.25) is 0 Å². The van der Waals surface area contributed by atoms with E-state index in [2.05, 4.69) is 20.2 Å². The first-order chi connectivity index (χ1) is 9.24. The van der Waals surface area contributed by atoms with E-state index in [0.29, 0.717) is 11.7 Å². The number of amides is 1. The van der Waals surface area contributed by atoms with Crippen LogP contribution in [-0.4, -0.2) is 45.9 Å². The van der Waals surface area contributed by atoms with Crippen LogP contribution in [0.3, 0.4) is 0 Å². The van der Waals surface area contributed by atoms with Gasteiger partial charge in [0.25, 0.3) is 5.91 Å². The molecule has 0 spiro atoms. The van der Waals surface area contributed by atoms with Crippen molar-refractivity contribution in [2.24, 2.45) is 0 Å². The van der Waals surface area contributed by atoms with Gasteiger partial charge in [0.15, 0.2) is 0 Å². The molecule has 3 heterocycles. The quantitative estimate of drug-likeness (QED) is 0.866. The van der Waals surface area contributed by atoms with Crippen molar-refractivity contribution in [1.82, 2.24) is 20.2 Å². The molecule has 0 aliphatic carbocycles. The number of aromatic nitrogens is 2. The molecule has 1 aromatic heterocycles. The molecule has 5 nitrogen and oxygen atoms in total. The molecule has 0 unspecified atom stereocenters. The summed E-state index contributed by atoms with van der Waals surface area (Å²) in [5.41, 5.74) is 1.25. The molecular weight excluding hydrogens is 240 g/mol. The first kappa shape index (κ1) is 12.5. The molecule has 5 heteroatoms. The summed E-state index contributed by atoms with van der Waals surface area (Å²) < 4.78 is 0. The first-order valence-electron chi connectivity index (χ1n) is 7.07. The van der Waals surface area contributed by atoms with Crippen molar-refractivity contribution in [1.29, 1.82) is 0 Å². The fraction of sp³-hybridized carbons (Fsp3) is 0.643. The topological polar surface area (TPSA) is 58.1 Å². The molecule has 1 amide bonds. The van der Waals surface area contributed by atoms with Crippen molar-refractivity contribution < 1.29 is 4.79 Å². The second kappa shape index (κ2) is 5.25. The van der Waals surface area contributed by atoms with Crippen molar-refractivity contribution in [3.05, 3.63) is 23.8 Å². The standard InChI is InChI=1S/C14H20N4O/c1-10-8-16-12(9-15-10)14(19)17-11-5-7-18-6-3-2-4-13(11)18/h8-9,11,13H,2-7H2,1H3,(H,17,19)/t11-,13-/m1/s1. The number of hydrogen-bond acceptors (Lipinski definition) is 4. The number of nitrogens with one attached hydrogen (secondary N) is 1. The Morgan fingerprint density at radius 1 is 1.26 bits per heavy atom. The largest absolute Gasteiger partial charge is 0.346 e. The van der Waals surface area contributed by atoms with Gasteiger partial charge in [0, 0.05) is 24.8 Å². The van der Waals surface area contributed by atoms with Crippen LogP contribution in [0, 0.1) is 6.92 Å². The molecule has 1 N–H and O–H groups in total. The van der Waals surface area contributed by atoms with Gasteiger partial charge in [-0.3, -0.25) is 14.7 Å². The minimum atomic E-state index is -0.0927. The molecule has 2 fully saturated rings. The summed E-state index contributed by atoms with van der Waals surface area (Å²) in [6.45, 7) is 4.15. The lowest BCUT2D eigenvalue weighted by molar-refractivity contribution is 0.0910. The molecule has 19 heavy (non-hydrogen) atoms. The van der Waals surface area contributed by atoms with Gasteiger partial charge in [-0.05, 0) is 32.7 Å². The lowest BCUT2D eigenvalue weighted by atomic mass is 9.99. The zero-order valence-corrected chi connectivity index (χ0v) is 11.3. The van der Waals surface area contributed by atoms with Crippen LogP contribution in [0.25, 0.3) is 0 Å². The molecule has 2 atom stereocenters. The molecule has 0 saturated carbocycles. The summed E-state index contributed by atoms with van der Waals surface area (Å²) in [5, 5.41) is 3.13. The Bertz CT molecular complexity index is 459. The van der Waals surface area contributed by atoms with Gasteiger partial charge in [-0.1, -0.05) is 6.42 Å². The first-order valence-corrected chi connectivity index (χ1v) is 7.07.